The summed E-state index contributed by atoms with van der Waals surface area (Å²) in [6.07, 6.45) is 2.91. The maximum absolute atomic E-state index is 13.2. The number of amides is 1. The zero-order valence-electron chi connectivity index (χ0n) is 16.3. The molecule has 146 valence electrons. The quantitative estimate of drug-likeness (QED) is 0.352. The van der Waals surface area contributed by atoms with Crippen LogP contribution in [0.1, 0.15) is 25.8 Å². The molecule has 0 bridgehead atoms. The van der Waals surface area contributed by atoms with Crippen molar-refractivity contribution >= 4 is 56.7 Å². The van der Waals surface area contributed by atoms with Crippen molar-refractivity contribution in [2.45, 2.75) is 26.4 Å². The second-order valence-corrected chi connectivity index (χ2v) is 8.56. The fourth-order valence-electron chi connectivity index (χ4n) is 3.23. The molecule has 3 nitrogen and oxygen atoms in total. The van der Waals surface area contributed by atoms with E-state index in [0.29, 0.717) is 9.23 Å². The van der Waals surface area contributed by atoms with Crippen molar-refractivity contribution in [3.8, 4) is 5.75 Å². The normalized spacial score (nSPS) is 16.6. The monoisotopic (exact) mass is 419 g/mol. The number of hydrogen-bond acceptors (Lipinski definition) is 4. The first-order valence-corrected chi connectivity index (χ1v) is 10.8. The molecule has 0 radical (unpaired) electrons. The number of fused-ring (bicyclic) bond motifs is 1. The van der Waals surface area contributed by atoms with E-state index in [1.165, 1.54) is 11.8 Å². The van der Waals surface area contributed by atoms with Gasteiger partial charge in [0.05, 0.1) is 16.7 Å². The van der Waals surface area contributed by atoms with Crippen molar-refractivity contribution in [2.24, 2.45) is 0 Å². The highest BCUT2D eigenvalue weighted by molar-refractivity contribution is 8.27. The summed E-state index contributed by atoms with van der Waals surface area (Å²) in [4.78, 5) is 15.3. The van der Waals surface area contributed by atoms with Crippen LogP contribution < -0.4 is 9.64 Å². The molecule has 0 aromatic heterocycles. The van der Waals surface area contributed by atoms with Gasteiger partial charge >= 0.3 is 0 Å². The maximum Gasteiger partial charge on any atom is 0.270 e. The van der Waals surface area contributed by atoms with Crippen LogP contribution in [0.15, 0.2) is 71.6 Å². The number of thioether (sulfide) groups is 1. The van der Waals surface area contributed by atoms with Gasteiger partial charge in [0.2, 0.25) is 0 Å². The third-order valence-corrected chi connectivity index (χ3v) is 6.22. The van der Waals surface area contributed by atoms with Crippen LogP contribution in [-0.2, 0) is 4.79 Å². The Hall–Kier alpha value is -2.63. The highest BCUT2D eigenvalue weighted by Crippen LogP contribution is 2.39. The van der Waals surface area contributed by atoms with Gasteiger partial charge in [0.15, 0.2) is 4.32 Å². The van der Waals surface area contributed by atoms with E-state index < -0.39 is 0 Å². The largest absolute Gasteiger partial charge is 0.490 e. The second kappa shape index (κ2) is 8.39. The molecular weight excluding hydrogens is 398 g/mol. The summed E-state index contributed by atoms with van der Waals surface area (Å²) < 4.78 is 6.71. The summed E-state index contributed by atoms with van der Waals surface area (Å²) in [5, 5.41) is 2.16. The molecule has 1 aliphatic heterocycles. The summed E-state index contributed by atoms with van der Waals surface area (Å²) in [7, 11) is 0. The molecule has 0 spiro atoms. The minimum Gasteiger partial charge on any atom is -0.490 e. The Morgan fingerprint density at radius 1 is 1.07 bits per heavy atom. The molecule has 29 heavy (non-hydrogen) atoms. The number of ether oxygens (including phenoxy) is 1. The van der Waals surface area contributed by atoms with Crippen molar-refractivity contribution in [3.05, 3.63) is 77.2 Å². The topological polar surface area (TPSA) is 29.5 Å². The highest BCUT2D eigenvalue weighted by Gasteiger charge is 2.33. The lowest BCUT2D eigenvalue weighted by Gasteiger charge is -2.17. The number of anilines is 1. The van der Waals surface area contributed by atoms with E-state index in [1.807, 2.05) is 61.5 Å². The van der Waals surface area contributed by atoms with Gasteiger partial charge in [-0.1, -0.05) is 79.4 Å². The molecule has 1 saturated heterocycles. The molecule has 5 heteroatoms. The zero-order chi connectivity index (χ0) is 20.4. The Morgan fingerprint density at radius 3 is 2.55 bits per heavy atom. The van der Waals surface area contributed by atoms with Crippen molar-refractivity contribution in [2.75, 3.05) is 4.90 Å². The van der Waals surface area contributed by atoms with E-state index in [0.717, 1.165) is 34.2 Å². The Bertz CT molecular complexity index is 1110. The van der Waals surface area contributed by atoms with E-state index in [1.54, 1.807) is 4.90 Å². The van der Waals surface area contributed by atoms with Crippen molar-refractivity contribution in [1.82, 2.24) is 0 Å². The van der Waals surface area contributed by atoms with E-state index in [-0.39, 0.29) is 12.0 Å². The molecule has 0 N–H and O–H groups in total. The first kappa shape index (κ1) is 19.7. The number of rotatable bonds is 5. The van der Waals surface area contributed by atoms with E-state index >= 15 is 0 Å². The summed E-state index contributed by atoms with van der Waals surface area (Å²) in [5.74, 6) is 0.677. The van der Waals surface area contributed by atoms with Gasteiger partial charge in [0.1, 0.15) is 5.75 Å². The van der Waals surface area contributed by atoms with Gasteiger partial charge in [-0.2, -0.15) is 0 Å². The van der Waals surface area contributed by atoms with E-state index in [2.05, 4.69) is 25.1 Å². The smallest absolute Gasteiger partial charge is 0.270 e. The lowest BCUT2D eigenvalue weighted by Crippen LogP contribution is -2.27. The first-order chi connectivity index (χ1) is 14.1. The third-order valence-electron chi connectivity index (χ3n) is 4.92. The number of benzene rings is 3. The minimum absolute atomic E-state index is 0.0853. The summed E-state index contributed by atoms with van der Waals surface area (Å²) in [5.41, 5.74) is 1.70. The molecule has 4 rings (SSSR count). The van der Waals surface area contributed by atoms with Crippen molar-refractivity contribution in [3.63, 3.8) is 0 Å². The van der Waals surface area contributed by atoms with Gasteiger partial charge in [0.25, 0.3) is 5.91 Å². The fraction of sp³-hybridized carbons (Fsp3) is 0.167. The van der Waals surface area contributed by atoms with Crippen LogP contribution in [0.3, 0.4) is 0 Å². The lowest BCUT2D eigenvalue weighted by atomic mass is 10.0. The van der Waals surface area contributed by atoms with Crippen LogP contribution in [0.2, 0.25) is 0 Å². The zero-order valence-corrected chi connectivity index (χ0v) is 17.9. The van der Waals surface area contributed by atoms with Gasteiger partial charge in [-0.05, 0) is 48.4 Å². The minimum atomic E-state index is -0.103. The van der Waals surface area contributed by atoms with Crippen LogP contribution in [-0.4, -0.2) is 16.3 Å². The van der Waals surface area contributed by atoms with Gasteiger partial charge < -0.3 is 4.74 Å². The predicted molar refractivity (Wildman–Crippen MR) is 126 cm³/mol. The first-order valence-electron chi connectivity index (χ1n) is 9.60. The SMILES string of the molecule is CC[C@@H](C)Oc1ccc2ccccc2c1/C=C1/SC(=S)N(c2ccccc2)C1=O. The number of carbonyl (C=O) groups excluding carboxylic acids is 1. The summed E-state index contributed by atoms with van der Waals surface area (Å²) >= 11 is 6.83. The number of nitrogens with zero attached hydrogens (tertiary/aromatic N) is 1. The van der Waals surface area contributed by atoms with Crippen LogP contribution in [0.5, 0.6) is 5.75 Å². The molecule has 3 aromatic carbocycles. The molecule has 1 amide bonds. The summed E-state index contributed by atoms with van der Waals surface area (Å²) in [6, 6.07) is 21.7. The maximum atomic E-state index is 13.2. The van der Waals surface area contributed by atoms with Crippen LogP contribution >= 0.6 is 24.0 Å². The molecule has 1 aliphatic rings. The molecule has 0 saturated carbocycles. The average Bonchev–Trinajstić information content (AvgIpc) is 3.03. The standard InChI is InChI=1S/C24H21NO2S2/c1-3-16(2)27-21-14-13-17-9-7-8-12-19(17)20(21)15-22-23(26)25(24(28)29-22)18-10-5-4-6-11-18/h4-16H,3H2,1-2H3/b22-15+/t16-/m1/s1. The lowest BCUT2D eigenvalue weighted by molar-refractivity contribution is -0.113. The number of hydrogen-bond donors (Lipinski definition) is 0. The fourth-order valence-corrected chi connectivity index (χ4v) is 4.51. The van der Waals surface area contributed by atoms with E-state index in [9.17, 15) is 4.79 Å². The Morgan fingerprint density at radius 2 is 1.79 bits per heavy atom. The Balaban J connectivity index is 1.80. The molecule has 0 aliphatic carbocycles. The Labute approximate surface area is 180 Å². The number of thiocarbonyl (C=S) groups is 1. The molecule has 0 unspecified atom stereocenters. The molecule has 1 fully saturated rings. The molecule has 1 heterocycles. The third kappa shape index (κ3) is 3.93. The van der Waals surface area contributed by atoms with E-state index in [4.69, 9.17) is 17.0 Å². The van der Waals surface area contributed by atoms with Gasteiger partial charge in [-0.3, -0.25) is 9.69 Å². The molecular formula is C24H21NO2S2. The summed E-state index contributed by atoms with van der Waals surface area (Å²) in [6.45, 7) is 4.14. The van der Waals surface area contributed by atoms with Crippen LogP contribution in [0.4, 0.5) is 5.69 Å². The van der Waals surface area contributed by atoms with Gasteiger partial charge in [-0.15, -0.1) is 0 Å². The van der Waals surface area contributed by atoms with Gasteiger partial charge in [-0.25, -0.2) is 0 Å². The molecule has 3 aromatic rings. The molecule has 1 atom stereocenters. The van der Waals surface area contributed by atoms with Crippen molar-refractivity contribution < 1.29 is 9.53 Å². The predicted octanol–water partition coefficient (Wildman–Crippen LogP) is 6.42. The van der Waals surface area contributed by atoms with Crippen molar-refractivity contribution in [1.29, 1.82) is 0 Å². The average molecular weight is 420 g/mol. The second-order valence-electron chi connectivity index (χ2n) is 6.89. The van der Waals surface area contributed by atoms with Crippen LogP contribution in [0.25, 0.3) is 16.8 Å². The Kier molecular flexibility index (Phi) is 5.69. The number of carbonyl (C=O) groups is 1. The number of para-hydroxylation sites is 1. The van der Waals surface area contributed by atoms with Gasteiger partial charge in [0, 0.05) is 5.56 Å². The van der Waals surface area contributed by atoms with Crippen LogP contribution in [0, 0.1) is 0 Å². The highest BCUT2D eigenvalue weighted by atomic mass is 32.2.